The van der Waals surface area contributed by atoms with Crippen molar-refractivity contribution in [2.75, 3.05) is 0 Å². The molecule has 0 aliphatic carbocycles. The summed E-state index contributed by atoms with van der Waals surface area (Å²) in [5, 5.41) is 0. The molecule has 1 aromatic heterocycles. The van der Waals surface area contributed by atoms with Gasteiger partial charge < -0.3 is 4.42 Å². The normalized spacial score (nSPS) is 11.9. The topological polar surface area (TPSA) is 26.0 Å². The summed E-state index contributed by atoms with van der Waals surface area (Å²) in [6.07, 6.45) is 4.15. The van der Waals surface area contributed by atoms with Gasteiger partial charge in [-0.2, -0.15) is 0 Å². The van der Waals surface area contributed by atoms with Crippen molar-refractivity contribution in [3.63, 3.8) is 0 Å². The van der Waals surface area contributed by atoms with Crippen LogP contribution in [0.5, 0.6) is 0 Å². The van der Waals surface area contributed by atoms with Gasteiger partial charge in [0.05, 0.1) is 5.69 Å². The van der Waals surface area contributed by atoms with Crippen LogP contribution in [0.15, 0.2) is 17.1 Å². The van der Waals surface area contributed by atoms with Crippen LogP contribution in [0, 0.1) is 5.41 Å². The van der Waals surface area contributed by atoms with Crippen LogP contribution in [0.4, 0.5) is 0 Å². The summed E-state index contributed by atoms with van der Waals surface area (Å²) in [6, 6.07) is 0. The quantitative estimate of drug-likeness (QED) is 0.596. The number of nitrogens with zero attached hydrogens (tertiary/aromatic N) is 1. The summed E-state index contributed by atoms with van der Waals surface area (Å²) in [5.74, 6) is 0. The highest BCUT2D eigenvalue weighted by Gasteiger charge is 2.12. The molecule has 0 aliphatic heterocycles. The zero-order valence-electron chi connectivity index (χ0n) is 6.72. The van der Waals surface area contributed by atoms with Gasteiger partial charge in [0, 0.05) is 0 Å². The molecule has 0 saturated carbocycles. The molecule has 0 bridgehead atoms. The SMILES string of the molecule is CC(C)(C)Cc1cocn1. The van der Waals surface area contributed by atoms with Gasteiger partial charge in [0.2, 0.25) is 0 Å². The van der Waals surface area contributed by atoms with Gasteiger partial charge in [-0.3, -0.25) is 0 Å². The molecule has 1 aromatic rings. The maximum atomic E-state index is 4.85. The van der Waals surface area contributed by atoms with Gasteiger partial charge in [-0.05, 0) is 11.8 Å². The van der Waals surface area contributed by atoms with Crippen LogP contribution in [-0.4, -0.2) is 4.98 Å². The molecule has 2 heteroatoms. The van der Waals surface area contributed by atoms with Crippen molar-refractivity contribution in [1.82, 2.24) is 4.98 Å². The number of hydrogen-bond donors (Lipinski definition) is 0. The van der Waals surface area contributed by atoms with Crippen molar-refractivity contribution in [3.05, 3.63) is 18.4 Å². The molecule has 0 fully saturated rings. The highest BCUT2D eigenvalue weighted by molar-refractivity contribution is 4.94. The molecule has 0 spiro atoms. The third kappa shape index (κ3) is 2.21. The van der Waals surface area contributed by atoms with E-state index in [0.717, 1.165) is 12.1 Å². The van der Waals surface area contributed by atoms with Gasteiger partial charge >= 0.3 is 0 Å². The molecule has 0 unspecified atom stereocenters. The molecule has 2 nitrogen and oxygen atoms in total. The van der Waals surface area contributed by atoms with E-state index < -0.39 is 0 Å². The van der Waals surface area contributed by atoms with E-state index in [1.165, 1.54) is 6.39 Å². The summed E-state index contributed by atoms with van der Waals surface area (Å²) >= 11 is 0. The van der Waals surface area contributed by atoms with E-state index in [1.807, 2.05) is 0 Å². The molecule has 0 atom stereocenters. The summed E-state index contributed by atoms with van der Waals surface area (Å²) in [4.78, 5) is 4.03. The molecule has 0 radical (unpaired) electrons. The molecule has 0 amide bonds. The second-order valence-corrected chi connectivity index (χ2v) is 3.72. The van der Waals surface area contributed by atoms with E-state index in [1.54, 1.807) is 6.26 Å². The first-order chi connectivity index (χ1) is 4.58. The summed E-state index contributed by atoms with van der Waals surface area (Å²) in [6.45, 7) is 6.55. The molecule has 0 saturated heterocycles. The van der Waals surface area contributed by atoms with Gasteiger partial charge in [-0.1, -0.05) is 20.8 Å². The third-order valence-corrected chi connectivity index (χ3v) is 1.19. The van der Waals surface area contributed by atoms with Gasteiger partial charge in [0.1, 0.15) is 6.26 Å². The standard InChI is InChI=1S/C8H13NO/c1-8(2,3)4-7-5-10-6-9-7/h5-6H,4H2,1-3H3. The Kier molecular flexibility index (Phi) is 1.79. The third-order valence-electron chi connectivity index (χ3n) is 1.19. The van der Waals surface area contributed by atoms with E-state index in [-0.39, 0.29) is 0 Å². The van der Waals surface area contributed by atoms with E-state index in [2.05, 4.69) is 25.8 Å². The van der Waals surface area contributed by atoms with Crippen LogP contribution in [0.3, 0.4) is 0 Å². The second-order valence-electron chi connectivity index (χ2n) is 3.72. The highest BCUT2D eigenvalue weighted by Crippen LogP contribution is 2.18. The van der Waals surface area contributed by atoms with Gasteiger partial charge in [-0.15, -0.1) is 0 Å². The Morgan fingerprint density at radius 1 is 1.50 bits per heavy atom. The fraction of sp³-hybridized carbons (Fsp3) is 0.625. The van der Waals surface area contributed by atoms with E-state index in [9.17, 15) is 0 Å². The van der Waals surface area contributed by atoms with Crippen LogP contribution in [0.1, 0.15) is 26.5 Å². The maximum absolute atomic E-state index is 4.85. The Morgan fingerprint density at radius 2 is 2.20 bits per heavy atom. The van der Waals surface area contributed by atoms with Crippen LogP contribution in [-0.2, 0) is 6.42 Å². The average molecular weight is 139 g/mol. The molecule has 1 heterocycles. The van der Waals surface area contributed by atoms with E-state index in [0.29, 0.717) is 5.41 Å². The smallest absolute Gasteiger partial charge is 0.180 e. The minimum absolute atomic E-state index is 0.302. The Morgan fingerprint density at radius 3 is 2.60 bits per heavy atom. The first-order valence-electron chi connectivity index (χ1n) is 3.45. The zero-order chi connectivity index (χ0) is 7.61. The van der Waals surface area contributed by atoms with E-state index >= 15 is 0 Å². The Labute approximate surface area is 61.3 Å². The molecule has 1 rings (SSSR count). The predicted octanol–water partition coefficient (Wildman–Crippen LogP) is 2.26. The maximum Gasteiger partial charge on any atom is 0.180 e. The first kappa shape index (κ1) is 7.32. The Balaban J connectivity index is 2.57. The summed E-state index contributed by atoms with van der Waals surface area (Å²) in [5.41, 5.74) is 1.34. The number of rotatable bonds is 1. The van der Waals surface area contributed by atoms with E-state index in [4.69, 9.17) is 4.42 Å². The number of oxazole rings is 1. The zero-order valence-corrected chi connectivity index (χ0v) is 6.72. The number of aromatic nitrogens is 1. The first-order valence-corrected chi connectivity index (χ1v) is 3.45. The van der Waals surface area contributed by atoms with Gasteiger partial charge in [0.15, 0.2) is 6.39 Å². The Hall–Kier alpha value is -0.790. The average Bonchev–Trinajstić information content (AvgIpc) is 2.12. The van der Waals surface area contributed by atoms with Crippen molar-refractivity contribution >= 4 is 0 Å². The molecular weight excluding hydrogens is 126 g/mol. The largest absolute Gasteiger partial charge is 0.451 e. The minimum atomic E-state index is 0.302. The van der Waals surface area contributed by atoms with Crippen LogP contribution in [0.2, 0.25) is 0 Å². The Bertz CT molecular complexity index is 184. The molecule has 10 heavy (non-hydrogen) atoms. The number of hydrogen-bond acceptors (Lipinski definition) is 2. The van der Waals surface area contributed by atoms with Crippen molar-refractivity contribution in [3.8, 4) is 0 Å². The molecule has 0 aromatic carbocycles. The van der Waals surface area contributed by atoms with Crippen molar-refractivity contribution in [2.24, 2.45) is 5.41 Å². The summed E-state index contributed by atoms with van der Waals surface area (Å²) < 4.78 is 4.85. The fourth-order valence-electron chi connectivity index (χ4n) is 0.868. The van der Waals surface area contributed by atoms with Crippen LogP contribution >= 0.6 is 0 Å². The van der Waals surface area contributed by atoms with Gasteiger partial charge in [-0.25, -0.2) is 4.98 Å². The lowest BCUT2D eigenvalue weighted by atomic mass is 9.91. The van der Waals surface area contributed by atoms with Crippen LogP contribution < -0.4 is 0 Å². The molecular formula is C8H13NO. The van der Waals surface area contributed by atoms with Crippen molar-refractivity contribution in [2.45, 2.75) is 27.2 Å². The predicted molar refractivity (Wildman–Crippen MR) is 39.7 cm³/mol. The molecule has 0 aliphatic rings. The van der Waals surface area contributed by atoms with Crippen LogP contribution in [0.25, 0.3) is 0 Å². The fourth-order valence-corrected chi connectivity index (χ4v) is 0.868. The molecule has 0 N–H and O–H groups in total. The minimum Gasteiger partial charge on any atom is -0.451 e. The highest BCUT2D eigenvalue weighted by atomic mass is 16.3. The van der Waals surface area contributed by atoms with Crippen molar-refractivity contribution in [1.29, 1.82) is 0 Å². The monoisotopic (exact) mass is 139 g/mol. The summed E-state index contributed by atoms with van der Waals surface area (Å²) in [7, 11) is 0. The van der Waals surface area contributed by atoms with Crippen molar-refractivity contribution < 1.29 is 4.42 Å². The second kappa shape index (κ2) is 2.45. The molecule has 56 valence electrons. The lowest BCUT2D eigenvalue weighted by molar-refractivity contribution is 0.405. The lowest BCUT2D eigenvalue weighted by Gasteiger charge is -2.15. The lowest BCUT2D eigenvalue weighted by Crippen LogP contribution is -2.08. The van der Waals surface area contributed by atoms with Gasteiger partial charge in [0.25, 0.3) is 0 Å².